The second-order valence-corrected chi connectivity index (χ2v) is 11.1. The molecule has 1 saturated heterocycles. The van der Waals surface area contributed by atoms with Crippen molar-refractivity contribution in [3.63, 3.8) is 0 Å². The maximum Gasteiger partial charge on any atom is 0.265 e. The van der Waals surface area contributed by atoms with Gasteiger partial charge in [0.2, 0.25) is 10.0 Å². The molecule has 3 aromatic rings. The average Bonchev–Trinajstić information content (AvgIpc) is 3.05. The standard InChI is InChI=1S/C21H20Cl2N2O3S2/c1-13-3-5-16(11-14(13)2)30(27,28)25-9-7-24(8-10-25)21(26)20-19(23)17-6-4-15(22)12-18(17)29-20/h3-6,11-12H,7-10H2,1-2H3. The molecule has 30 heavy (non-hydrogen) atoms. The monoisotopic (exact) mass is 482 g/mol. The molecular formula is C21H20Cl2N2O3S2. The van der Waals surface area contributed by atoms with Gasteiger partial charge in [0.05, 0.1) is 9.92 Å². The van der Waals surface area contributed by atoms with E-state index >= 15 is 0 Å². The molecule has 2 aromatic carbocycles. The molecule has 4 rings (SSSR count). The Balaban J connectivity index is 1.51. The lowest BCUT2D eigenvalue weighted by molar-refractivity contribution is 0.0703. The molecular weight excluding hydrogens is 463 g/mol. The van der Waals surface area contributed by atoms with Crippen molar-refractivity contribution < 1.29 is 13.2 Å². The van der Waals surface area contributed by atoms with Crippen LogP contribution in [0.1, 0.15) is 20.8 Å². The van der Waals surface area contributed by atoms with E-state index in [9.17, 15) is 13.2 Å². The highest BCUT2D eigenvalue weighted by atomic mass is 35.5. The fourth-order valence-corrected chi connectivity index (χ4v) is 6.74. The minimum atomic E-state index is -3.59. The van der Waals surface area contributed by atoms with Crippen LogP contribution in [0.15, 0.2) is 41.3 Å². The molecule has 0 bridgehead atoms. The Hall–Kier alpha value is -1.64. The van der Waals surface area contributed by atoms with Gasteiger partial charge in [-0.2, -0.15) is 4.31 Å². The smallest absolute Gasteiger partial charge is 0.265 e. The average molecular weight is 483 g/mol. The Morgan fingerprint density at radius 2 is 1.67 bits per heavy atom. The van der Waals surface area contributed by atoms with Crippen molar-refractivity contribution in [2.24, 2.45) is 0 Å². The van der Waals surface area contributed by atoms with Gasteiger partial charge in [-0.3, -0.25) is 4.79 Å². The van der Waals surface area contributed by atoms with Gasteiger partial charge in [0.25, 0.3) is 5.91 Å². The Bertz CT molecular complexity index is 1250. The van der Waals surface area contributed by atoms with Gasteiger partial charge in [-0.25, -0.2) is 8.42 Å². The number of benzene rings is 2. The number of aryl methyl sites for hydroxylation is 2. The second kappa shape index (κ2) is 8.13. The number of piperazine rings is 1. The lowest BCUT2D eigenvalue weighted by atomic mass is 10.1. The first-order valence-corrected chi connectivity index (χ1v) is 12.4. The van der Waals surface area contributed by atoms with Gasteiger partial charge in [-0.15, -0.1) is 11.3 Å². The van der Waals surface area contributed by atoms with Gasteiger partial charge in [0.1, 0.15) is 4.88 Å². The number of nitrogens with zero attached hydrogens (tertiary/aromatic N) is 2. The molecule has 0 spiro atoms. The lowest BCUT2D eigenvalue weighted by Crippen LogP contribution is -2.50. The third kappa shape index (κ3) is 3.85. The minimum Gasteiger partial charge on any atom is -0.335 e. The number of halogens is 2. The number of hydrogen-bond acceptors (Lipinski definition) is 4. The van der Waals surface area contributed by atoms with Crippen molar-refractivity contribution in [2.45, 2.75) is 18.7 Å². The van der Waals surface area contributed by atoms with Crippen LogP contribution in [-0.4, -0.2) is 49.7 Å². The van der Waals surface area contributed by atoms with E-state index in [1.807, 2.05) is 19.9 Å². The normalized spacial score (nSPS) is 15.7. The predicted octanol–water partition coefficient (Wildman–Crippen LogP) is 4.97. The third-order valence-electron chi connectivity index (χ3n) is 5.43. The third-order valence-corrected chi connectivity index (χ3v) is 9.20. The molecule has 0 aliphatic carbocycles. The van der Waals surface area contributed by atoms with Gasteiger partial charge >= 0.3 is 0 Å². The van der Waals surface area contributed by atoms with E-state index in [2.05, 4.69) is 0 Å². The number of carbonyl (C=O) groups excluding carboxylic acids is 1. The van der Waals surface area contributed by atoms with E-state index in [-0.39, 0.29) is 23.9 Å². The van der Waals surface area contributed by atoms with Gasteiger partial charge in [-0.1, -0.05) is 35.3 Å². The van der Waals surface area contributed by atoms with E-state index in [4.69, 9.17) is 23.2 Å². The number of hydrogen-bond donors (Lipinski definition) is 0. The van der Waals surface area contributed by atoms with Crippen molar-refractivity contribution in [3.05, 3.63) is 62.4 Å². The molecule has 0 unspecified atom stereocenters. The Morgan fingerprint density at radius 1 is 0.967 bits per heavy atom. The summed E-state index contributed by atoms with van der Waals surface area (Å²) >= 11 is 13.8. The first kappa shape index (κ1) is 21.6. The van der Waals surface area contributed by atoms with Crippen LogP contribution >= 0.6 is 34.5 Å². The van der Waals surface area contributed by atoms with E-state index in [0.717, 1.165) is 21.2 Å². The SMILES string of the molecule is Cc1ccc(S(=O)(=O)N2CCN(C(=O)c3sc4cc(Cl)ccc4c3Cl)CC2)cc1C. The van der Waals surface area contributed by atoms with Crippen LogP contribution in [0.3, 0.4) is 0 Å². The summed E-state index contributed by atoms with van der Waals surface area (Å²) in [6.45, 7) is 4.96. The zero-order chi connectivity index (χ0) is 21.6. The molecule has 1 amide bonds. The fraction of sp³-hybridized carbons (Fsp3) is 0.286. The second-order valence-electron chi connectivity index (χ2n) is 7.33. The largest absolute Gasteiger partial charge is 0.335 e. The molecule has 5 nitrogen and oxygen atoms in total. The maximum atomic E-state index is 13.0. The van der Waals surface area contributed by atoms with Crippen LogP contribution in [0.2, 0.25) is 10.0 Å². The van der Waals surface area contributed by atoms with Crippen molar-refractivity contribution in [1.29, 1.82) is 0 Å². The van der Waals surface area contributed by atoms with Crippen LogP contribution in [0.5, 0.6) is 0 Å². The maximum absolute atomic E-state index is 13.0. The predicted molar refractivity (Wildman–Crippen MR) is 122 cm³/mol. The fourth-order valence-electron chi connectivity index (χ4n) is 3.48. The van der Waals surface area contributed by atoms with Crippen molar-refractivity contribution in [1.82, 2.24) is 9.21 Å². The summed E-state index contributed by atoms with van der Waals surface area (Å²) in [6.07, 6.45) is 0. The zero-order valence-corrected chi connectivity index (χ0v) is 19.6. The number of fused-ring (bicyclic) bond motifs is 1. The molecule has 1 aliphatic heterocycles. The highest BCUT2D eigenvalue weighted by molar-refractivity contribution is 7.89. The van der Waals surface area contributed by atoms with E-state index in [1.165, 1.54) is 15.6 Å². The summed E-state index contributed by atoms with van der Waals surface area (Å²) < 4.78 is 28.3. The van der Waals surface area contributed by atoms with Crippen LogP contribution in [0.4, 0.5) is 0 Å². The summed E-state index contributed by atoms with van der Waals surface area (Å²) in [7, 11) is -3.59. The first-order chi connectivity index (χ1) is 14.2. The number of amides is 1. The molecule has 158 valence electrons. The van der Waals surface area contributed by atoms with Crippen molar-refractivity contribution in [2.75, 3.05) is 26.2 Å². The van der Waals surface area contributed by atoms with E-state index in [1.54, 1.807) is 35.2 Å². The van der Waals surface area contributed by atoms with Gasteiger partial charge < -0.3 is 4.90 Å². The summed E-state index contributed by atoms with van der Waals surface area (Å²) in [5, 5.41) is 1.80. The molecule has 0 atom stereocenters. The van der Waals surface area contributed by atoms with Crippen LogP contribution in [0.25, 0.3) is 10.1 Å². The van der Waals surface area contributed by atoms with Crippen LogP contribution < -0.4 is 0 Å². The number of sulfonamides is 1. The molecule has 0 N–H and O–H groups in total. The van der Waals surface area contributed by atoms with Gasteiger partial charge in [0.15, 0.2) is 0 Å². The Labute approximate surface area is 189 Å². The van der Waals surface area contributed by atoms with Gasteiger partial charge in [-0.05, 0) is 49.2 Å². The zero-order valence-electron chi connectivity index (χ0n) is 16.5. The van der Waals surface area contributed by atoms with E-state index in [0.29, 0.717) is 28.0 Å². The molecule has 0 saturated carbocycles. The van der Waals surface area contributed by atoms with E-state index < -0.39 is 10.0 Å². The molecule has 9 heteroatoms. The topological polar surface area (TPSA) is 57.7 Å². The van der Waals surface area contributed by atoms with Crippen LogP contribution in [-0.2, 0) is 10.0 Å². The number of rotatable bonds is 3. The molecule has 1 aliphatic rings. The summed E-state index contributed by atoms with van der Waals surface area (Å²) in [6, 6.07) is 10.5. The number of carbonyl (C=O) groups is 1. The lowest BCUT2D eigenvalue weighted by Gasteiger charge is -2.34. The summed E-state index contributed by atoms with van der Waals surface area (Å²) in [5.74, 6) is -0.180. The molecule has 0 radical (unpaired) electrons. The Kier molecular flexibility index (Phi) is 5.85. The molecule has 2 heterocycles. The van der Waals surface area contributed by atoms with Crippen molar-refractivity contribution >= 4 is 60.6 Å². The molecule has 1 aromatic heterocycles. The minimum absolute atomic E-state index is 0.180. The first-order valence-electron chi connectivity index (χ1n) is 9.42. The van der Waals surface area contributed by atoms with Gasteiger partial charge in [0, 0.05) is 41.3 Å². The van der Waals surface area contributed by atoms with Crippen molar-refractivity contribution in [3.8, 4) is 0 Å². The number of thiophene rings is 1. The summed E-state index contributed by atoms with van der Waals surface area (Å²) in [5.41, 5.74) is 1.98. The molecule has 1 fully saturated rings. The Morgan fingerprint density at radius 3 is 2.33 bits per heavy atom. The van der Waals surface area contributed by atoms with Crippen LogP contribution in [0, 0.1) is 13.8 Å². The summed E-state index contributed by atoms with van der Waals surface area (Å²) in [4.78, 5) is 15.4. The quantitative estimate of drug-likeness (QED) is 0.529. The highest BCUT2D eigenvalue weighted by Gasteiger charge is 2.32. The highest BCUT2D eigenvalue weighted by Crippen LogP contribution is 2.37.